The third-order valence-corrected chi connectivity index (χ3v) is 7.36. The lowest BCUT2D eigenvalue weighted by Crippen LogP contribution is -2.07. The maximum atomic E-state index is 2.50. The predicted octanol–water partition coefficient (Wildman–Crippen LogP) is 5.47. The molecule has 0 unspecified atom stereocenters. The van der Waals surface area contributed by atoms with Crippen LogP contribution in [-0.4, -0.2) is 8.80 Å². The van der Waals surface area contributed by atoms with E-state index in [9.17, 15) is 0 Å². The Hall–Kier alpha value is -1.86. The number of allylic oxidation sites excluding steroid dienone is 4. The molecule has 2 aromatic rings. The molecule has 0 N–H and O–H groups in total. The van der Waals surface area contributed by atoms with Crippen molar-refractivity contribution in [3.05, 3.63) is 82.1 Å². The molecule has 0 saturated heterocycles. The second kappa shape index (κ2) is 5.10. The minimum absolute atomic E-state index is 0.442. The van der Waals surface area contributed by atoms with E-state index in [1.807, 2.05) is 0 Å². The molecule has 0 amide bonds. The monoisotopic (exact) mass is 302 g/mol. The zero-order valence-electron chi connectivity index (χ0n) is 13.6. The summed E-state index contributed by atoms with van der Waals surface area (Å²) in [6.07, 6.45) is 3.69. The maximum absolute atomic E-state index is 2.50. The van der Waals surface area contributed by atoms with Crippen molar-refractivity contribution in [1.29, 1.82) is 0 Å². The molecule has 0 radical (unpaired) electrons. The van der Waals surface area contributed by atoms with Gasteiger partial charge in [0.25, 0.3) is 0 Å². The van der Waals surface area contributed by atoms with Gasteiger partial charge in [-0.1, -0.05) is 78.5 Å². The van der Waals surface area contributed by atoms with Crippen LogP contribution in [0.1, 0.15) is 30.4 Å². The summed E-state index contributed by atoms with van der Waals surface area (Å²) in [5, 5.41) is 1.75. The van der Waals surface area contributed by atoms with E-state index >= 15 is 0 Å². The minimum Gasteiger partial charge on any atom is -0.0778 e. The Bertz CT molecular complexity index is 763. The molecule has 0 spiro atoms. The fourth-order valence-corrected chi connectivity index (χ4v) is 5.83. The van der Waals surface area contributed by atoms with Crippen LogP contribution >= 0.6 is 0 Å². The summed E-state index contributed by atoms with van der Waals surface area (Å²) in [5.41, 5.74) is 8.97. The topological polar surface area (TPSA) is 0 Å². The van der Waals surface area contributed by atoms with Gasteiger partial charge in [-0.3, -0.25) is 0 Å². The first-order chi connectivity index (χ1) is 10.7. The zero-order valence-corrected chi connectivity index (χ0v) is 14.7. The van der Waals surface area contributed by atoms with Crippen molar-refractivity contribution in [3.8, 4) is 11.1 Å². The second-order valence-corrected chi connectivity index (χ2v) is 9.78. The van der Waals surface area contributed by atoms with Crippen molar-refractivity contribution >= 4 is 8.80 Å². The lowest BCUT2D eigenvalue weighted by Gasteiger charge is -2.18. The van der Waals surface area contributed by atoms with Crippen LogP contribution < -0.4 is 0 Å². The van der Waals surface area contributed by atoms with Gasteiger partial charge < -0.3 is 0 Å². The SMILES string of the molecule is CC1=C([SiH](C)C)CC=C1C1c2ccccc2-c2ccccc21. The van der Waals surface area contributed by atoms with Crippen LogP contribution in [0.3, 0.4) is 0 Å². The van der Waals surface area contributed by atoms with Gasteiger partial charge in [-0.05, 0) is 41.2 Å². The Balaban J connectivity index is 1.90. The lowest BCUT2D eigenvalue weighted by atomic mass is 9.87. The van der Waals surface area contributed by atoms with E-state index in [0.29, 0.717) is 5.92 Å². The number of hydrogen-bond acceptors (Lipinski definition) is 0. The van der Waals surface area contributed by atoms with Crippen LogP contribution in [0, 0.1) is 0 Å². The van der Waals surface area contributed by atoms with E-state index in [1.54, 1.807) is 16.3 Å². The Morgan fingerprint density at radius 2 is 1.41 bits per heavy atom. The molecule has 0 aliphatic heterocycles. The molecule has 2 aromatic carbocycles. The van der Waals surface area contributed by atoms with E-state index < -0.39 is 8.80 Å². The van der Waals surface area contributed by atoms with E-state index in [2.05, 4.69) is 74.6 Å². The van der Waals surface area contributed by atoms with Gasteiger partial charge in [-0.15, -0.1) is 0 Å². The molecule has 2 aliphatic carbocycles. The third kappa shape index (κ3) is 1.89. The summed E-state index contributed by atoms with van der Waals surface area (Å²) in [6.45, 7) is 7.25. The highest BCUT2D eigenvalue weighted by atomic mass is 28.3. The average molecular weight is 302 g/mol. The van der Waals surface area contributed by atoms with Gasteiger partial charge in [0.15, 0.2) is 0 Å². The Labute approximate surface area is 134 Å². The normalized spacial score (nSPS) is 17.0. The van der Waals surface area contributed by atoms with Gasteiger partial charge >= 0.3 is 0 Å². The molecule has 1 heteroatoms. The summed E-state index contributed by atoms with van der Waals surface area (Å²) >= 11 is 0. The third-order valence-electron chi connectivity index (χ3n) is 5.30. The van der Waals surface area contributed by atoms with Crippen LogP contribution in [-0.2, 0) is 0 Å². The highest BCUT2D eigenvalue weighted by Gasteiger charge is 2.33. The van der Waals surface area contributed by atoms with Crippen molar-refractivity contribution in [2.75, 3.05) is 0 Å². The molecule has 0 fully saturated rings. The van der Waals surface area contributed by atoms with Crippen molar-refractivity contribution in [1.82, 2.24) is 0 Å². The van der Waals surface area contributed by atoms with Gasteiger partial charge in [0, 0.05) is 5.92 Å². The zero-order chi connectivity index (χ0) is 15.3. The molecule has 0 atom stereocenters. The fourth-order valence-electron chi connectivity index (χ4n) is 4.21. The molecule has 0 aromatic heterocycles. The van der Waals surface area contributed by atoms with E-state index in [4.69, 9.17) is 0 Å². The molecule has 4 rings (SSSR count). The quantitative estimate of drug-likeness (QED) is 0.645. The summed E-state index contributed by atoms with van der Waals surface area (Å²) in [4.78, 5) is 0. The van der Waals surface area contributed by atoms with Crippen LogP contribution in [0.25, 0.3) is 11.1 Å². The summed E-state index contributed by atoms with van der Waals surface area (Å²) < 4.78 is 0. The number of hydrogen-bond donors (Lipinski definition) is 0. The summed E-state index contributed by atoms with van der Waals surface area (Å²) in [5.74, 6) is 0.442. The van der Waals surface area contributed by atoms with Crippen molar-refractivity contribution in [3.63, 3.8) is 0 Å². The minimum atomic E-state index is -0.707. The molecule has 110 valence electrons. The maximum Gasteiger partial charge on any atom is 0.0603 e. The van der Waals surface area contributed by atoms with Gasteiger partial charge in [-0.25, -0.2) is 0 Å². The Kier molecular flexibility index (Phi) is 3.19. The van der Waals surface area contributed by atoms with Gasteiger partial charge in [0.2, 0.25) is 0 Å². The number of fused-ring (bicyclic) bond motifs is 3. The van der Waals surface area contributed by atoms with Crippen molar-refractivity contribution in [2.45, 2.75) is 32.4 Å². The van der Waals surface area contributed by atoms with Crippen molar-refractivity contribution < 1.29 is 0 Å². The first kappa shape index (κ1) is 13.8. The van der Waals surface area contributed by atoms with Crippen LogP contribution in [0.15, 0.2) is 70.9 Å². The first-order valence-electron chi connectivity index (χ1n) is 8.26. The Morgan fingerprint density at radius 1 is 0.864 bits per heavy atom. The molecule has 0 saturated carbocycles. The second-order valence-electron chi connectivity index (χ2n) is 6.78. The van der Waals surface area contributed by atoms with Gasteiger partial charge in [0.05, 0.1) is 8.80 Å². The molecule has 0 heterocycles. The van der Waals surface area contributed by atoms with E-state index in [1.165, 1.54) is 28.7 Å². The van der Waals surface area contributed by atoms with Crippen molar-refractivity contribution in [2.24, 2.45) is 0 Å². The van der Waals surface area contributed by atoms with Crippen LogP contribution in [0.2, 0.25) is 13.1 Å². The van der Waals surface area contributed by atoms with E-state index in [-0.39, 0.29) is 0 Å². The van der Waals surface area contributed by atoms with E-state index in [0.717, 1.165) is 0 Å². The molecular weight excluding hydrogens is 280 g/mol. The summed E-state index contributed by atoms with van der Waals surface area (Å²) in [7, 11) is -0.707. The molecular formula is C21H22Si. The van der Waals surface area contributed by atoms with Gasteiger partial charge in [-0.2, -0.15) is 0 Å². The van der Waals surface area contributed by atoms with Crippen LogP contribution in [0.5, 0.6) is 0 Å². The predicted molar refractivity (Wildman–Crippen MR) is 98.0 cm³/mol. The highest BCUT2D eigenvalue weighted by Crippen LogP contribution is 2.51. The standard InChI is InChI=1S/C21H22Si/c1-14-15(12-13-20(14)22(2)3)21-18-10-6-4-8-16(18)17-9-5-7-11-19(17)21/h4-12,21-22H,13H2,1-3H3. The summed E-state index contributed by atoms with van der Waals surface area (Å²) in [6, 6.07) is 17.9. The number of rotatable bonds is 2. The van der Waals surface area contributed by atoms with Gasteiger partial charge in [0.1, 0.15) is 0 Å². The Morgan fingerprint density at radius 3 is 1.91 bits per heavy atom. The molecule has 0 nitrogen and oxygen atoms in total. The number of benzene rings is 2. The molecule has 0 bridgehead atoms. The highest BCUT2D eigenvalue weighted by molar-refractivity contribution is 6.64. The smallest absolute Gasteiger partial charge is 0.0603 e. The lowest BCUT2D eigenvalue weighted by molar-refractivity contribution is 0.993. The van der Waals surface area contributed by atoms with Crippen LogP contribution in [0.4, 0.5) is 0 Å². The largest absolute Gasteiger partial charge is 0.0778 e. The molecule has 22 heavy (non-hydrogen) atoms. The fraction of sp³-hybridized carbons (Fsp3) is 0.238. The first-order valence-corrected chi connectivity index (χ1v) is 11.2. The average Bonchev–Trinajstić information content (AvgIpc) is 3.05. The molecule has 2 aliphatic rings.